The molecule has 5 nitrogen and oxygen atoms in total. The predicted octanol–water partition coefficient (Wildman–Crippen LogP) is 3.93. The molecule has 2 N–H and O–H groups in total. The zero-order valence-corrected chi connectivity index (χ0v) is 18.7. The van der Waals surface area contributed by atoms with Gasteiger partial charge in [0.25, 0.3) is 5.56 Å². The molecule has 30 heavy (non-hydrogen) atoms. The number of rotatable bonds is 8. The van der Waals surface area contributed by atoms with Gasteiger partial charge in [-0.15, -0.1) is 11.3 Å². The van der Waals surface area contributed by atoms with Gasteiger partial charge in [-0.05, 0) is 49.1 Å². The van der Waals surface area contributed by atoms with Gasteiger partial charge in [-0.25, -0.2) is 4.98 Å². The Morgan fingerprint density at radius 2 is 1.93 bits per heavy atom. The topological polar surface area (TPSA) is 69.2 Å². The highest BCUT2D eigenvalue weighted by atomic mass is 32.1. The monoisotopic (exact) mass is 425 g/mol. The molecule has 2 aromatic heterocycles. The molecule has 0 fully saturated rings. The van der Waals surface area contributed by atoms with Crippen molar-refractivity contribution in [2.45, 2.75) is 58.6 Å². The summed E-state index contributed by atoms with van der Waals surface area (Å²) in [6.45, 7) is 6.27. The van der Waals surface area contributed by atoms with E-state index in [0.717, 1.165) is 41.6 Å². The van der Waals surface area contributed by atoms with Gasteiger partial charge >= 0.3 is 0 Å². The molecule has 0 amide bonds. The van der Waals surface area contributed by atoms with Gasteiger partial charge in [0.15, 0.2) is 0 Å². The number of aromatic amines is 1. The van der Waals surface area contributed by atoms with Crippen molar-refractivity contribution < 1.29 is 5.11 Å². The van der Waals surface area contributed by atoms with Crippen LogP contribution in [0.15, 0.2) is 35.1 Å². The van der Waals surface area contributed by atoms with Gasteiger partial charge in [-0.3, -0.25) is 9.69 Å². The Morgan fingerprint density at radius 3 is 2.70 bits per heavy atom. The van der Waals surface area contributed by atoms with Gasteiger partial charge < -0.3 is 10.1 Å². The maximum atomic E-state index is 12.8. The number of benzene rings is 1. The van der Waals surface area contributed by atoms with Gasteiger partial charge in [-0.2, -0.15) is 0 Å². The summed E-state index contributed by atoms with van der Waals surface area (Å²) in [6.07, 6.45) is 4.57. The van der Waals surface area contributed by atoms with Crippen molar-refractivity contribution in [2.75, 3.05) is 13.1 Å². The number of thiophene rings is 1. The first-order chi connectivity index (χ1) is 14.5. The highest BCUT2D eigenvalue weighted by Gasteiger charge is 2.21. The standard InChI is InChI=1S/C24H31N3O2S/c1-16(2)13-27(14-18(28)12-17-8-4-3-5-9-17)15-21-25-23(29)22-19-10-6-7-11-20(19)30-24(22)26-21/h3-5,8-9,16,18,28H,6-7,10-15H2,1-2H3,(H,25,26,29)/t18-/m1/s1. The van der Waals surface area contributed by atoms with Crippen LogP contribution in [0.25, 0.3) is 10.2 Å². The second kappa shape index (κ2) is 9.41. The van der Waals surface area contributed by atoms with Crippen molar-refractivity contribution in [3.05, 3.63) is 62.5 Å². The molecule has 3 aromatic rings. The van der Waals surface area contributed by atoms with E-state index in [0.29, 0.717) is 31.3 Å². The molecule has 1 aliphatic carbocycles. The fourth-order valence-corrected chi connectivity index (χ4v) is 5.74. The molecule has 0 bridgehead atoms. The van der Waals surface area contributed by atoms with Crippen molar-refractivity contribution in [3.63, 3.8) is 0 Å². The van der Waals surface area contributed by atoms with Crippen molar-refractivity contribution in [3.8, 4) is 0 Å². The van der Waals surface area contributed by atoms with E-state index in [4.69, 9.17) is 4.98 Å². The van der Waals surface area contributed by atoms with Gasteiger partial charge in [0, 0.05) is 18.0 Å². The fraction of sp³-hybridized carbons (Fsp3) is 0.500. The quantitative estimate of drug-likeness (QED) is 0.574. The third kappa shape index (κ3) is 4.99. The maximum absolute atomic E-state index is 12.8. The number of hydrogen-bond donors (Lipinski definition) is 2. The molecule has 0 aliphatic heterocycles. The van der Waals surface area contributed by atoms with E-state index < -0.39 is 6.10 Å². The molecule has 2 heterocycles. The molecule has 1 aromatic carbocycles. The first-order valence-corrected chi connectivity index (χ1v) is 11.8. The summed E-state index contributed by atoms with van der Waals surface area (Å²) in [4.78, 5) is 25.1. The summed E-state index contributed by atoms with van der Waals surface area (Å²) in [6, 6.07) is 10.1. The molecular weight excluding hydrogens is 394 g/mol. The number of nitrogens with zero attached hydrogens (tertiary/aromatic N) is 2. The highest BCUT2D eigenvalue weighted by molar-refractivity contribution is 7.18. The van der Waals surface area contributed by atoms with E-state index in [1.807, 2.05) is 30.3 Å². The number of aliphatic hydroxyl groups excluding tert-OH is 1. The molecule has 0 unspecified atom stereocenters. The lowest BCUT2D eigenvalue weighted by molar-refractivity contribution is 0.100. The molecule has 6 heteroatoms. The fourth-order valence-electron chi connectivity index (χ4n) is 4.46. The lowest BCUT2D eigenvalue weighted by Crippen LogP contribution is -2.36. The minimum Gasteiger partial charge on any atom is -0.391 e. The second-order valence-corrected chi connectivity index (χ2v) is 9.92. The Hall–Kier alpha value is -2.02. The van der Waals surface area contributed by atoms with Crippen LogP contribution in [0.4, 0.5) is 0 Å². The predicted molar refractivity (Wildman–Crippen MR) is 123 cm³/mol. The summed E-state index contributed by atoms with van der Waals surface area (Å²) >= 11 is 1.69. The van der Waals surface area contributed by atoms with Crippen LogP contribution in [0.3, 0.4) is 0 Å². The van der Waals surface area contributed by atoms with Gasteiger partial charge in [-0.1, -0.05) is 44.2 Å². The Bertz CT molecular complexity index is 1040. The summed E-state index contributed by atoms with van der Waals surface area (Å²) in [5, 5.41) is 11.5. The smallest absolute Gasteiger partial charge is 0.259 e. The molecule has 0 spiro atoms. The first kappa shape index (κ1) is 21.2. The number of H-pyrrole nitrogens is 1. The molecule has 0 saturated carbocycles. The Balaban J connectivity index is 1.52. The minimum absolute atomic E-state index is 0.0104. The normalized spacial score (nSPS) is 15.1. The van der Waals surface area contributed by atoms with E-state index in [2.05, 4.69) is 23.7 Å². The van der Waals surface area contributed by atoms with Crippen molar-refractivity contribution >= 4 is 21.6 Å². The molecule has 160 valence electrons. The Labute approximate surface area is 181 Å². The number of aromatic nitrogens is 2. The summed E-state index contributed by atoms with van der Waals surface area (Å²) < 4.78 is 0. The van der Waals surface area contributed by atoms with E-state index in [9.17, 15) is 9.90 Å². The van der Waals surface area contributed by atoms with Crippen LogP contribution in [0.2, 0.25) is 0 Å². The van der Waals surface area contributed by atoms with Gasteiger partial charge in [0.2, 0.25) is 0 Å². The SMILES string of the molecule is CC(C)CN(Cc1nc2sc3c(c2c(=O)[nH]1)CCCC3)C[C@H](O)Cc1ccccc1. The molecular formula is C24H31N3O2S. The van der Waals surface area contributed by atoms with Crippen LogP contribution in [-0.4, -0.2) is 39.2 Å². The zero-order valence-electron chi connectivity index (χ0n) is 17.9. The first-order valence-electron chi connectivity index (χ1n) is 11.0. The van der Waals surface area contributed by atoms with Crippen molar-refractivity contribution in [1.82, 2.24) is 14.9 Å². The maximum Gasteiger partial charge on any atom is 0.259 e. The van der Waals surface area contributed by atoms with Crippen LogP contribution in [-0.2, 0) is 25.8 Å². The molecule has 1 aliphatic rings. The summed E-state index contributed by atoms with van der Waals surface area (Å²) in [7, 11) is 0. The molecule has 4 rings (SSSR count). The largest absolute Gasteiger partial charge is 0.391 e. The lowest BCUT2D eigenvalue weighted by atomic mass is 9.97. The third-order valence-corrected chi connectivity index (χ3v) is 6.84. The minimum atomic E-state index is -0.462. The lowest BCUT2D eigenvalue weighted by Gasteiger charge is -2.26. The average Bonchev–Trinajstić information content (AvgIpc) is 3.06. The van der Waals surface area contributed by atoms with Gasteiger partial charge in [0.05, 0.1) is 18.0 Å². The highest BCUT2D eigenvalue weighted by Crippen LogP contribution is 2.33. The van der Waals surface area contributed by atoms with Crippen molar-refractivity contribution in [1.29, 1.82) is 0 Å². The number of aliphatic hydroxyl groups is 1. The number of fused-ring (bicyclic) bond motifs is 3. The number of aryl methyl sites for hydroxylation is 2. The van der Waals surface area contributed by atoms with Crippen LogP contribution < -0.4 is 5.56 Å². The average molecular weight is 426 g/mol. The van der Waals surface area contributed by atoms with Crippen LogP contribution >= 0.6 is 11.3 Å². The number of hydrogen-bond acceptors (Lipinski definition) is 5. The Morgan fingerprint density at radius 1 is 1.17 bits per heavy atom. The third-order valence-electron chi connectivity index (χ3n) is 5.65. The number of nitrogens with one attached hydrogen (secondary N) is 1. The second-order valence-electron chi connectivity index (χ2n) is 8.84. The van der Waals surface area contributed by atoms with Crippen LogP contribution in [0, 0.1) is 5.92 Å². The van der Waals surface area contributed by atoms with Crippen LogP contribution in [0.5, 0.6) is 0 Å². The van der Waals surface area contributed by atoms with Gasteiger partial charge in [0.1, 0.15) is 10.7 Å². The Kier molecular flexibility index (Phi) is 6.66. The van der Waals surface area contributed by atoms with E-state index in [1.54, 1.807) is 11.3 Å². The van der Waals surface area contributed by atoms with E-state index in [1.165, 1.54) is 16.9 Å². The van der Waals surface area contributed by atoms with Crippen LogP contribution in [0.1, 0.15) is 48.5 Å². The summed E-state index contributed by atoms with van der Waals surface area (Å²) in [5.41, 5.74) is 2.34. The van der Waals surface area contributed by atoms with E-state index in [-0.39, 0.29) is 5.56 Å². The van der Waals surface area contributed by atoms with E-state index >= 15 is 0 Å². The summed E-state index contributed by atoms with van der Waals surface area (Å²) in [5.74, 6) is 1.15. The van der Waals surface area contributed by atoms with Crippen molar-refractivity contribution in [2.24, 2.45) is 5.92 Å². The molecule has 0 saturated heterocycles. The molecule has 0 radical (unpaired) electrons. The molecule has 1 atom stereocenters. The zero-order chi connectivity index (χ0) is 21.1.